The third-order valence-electron chi connectivity index (χ3n) is 15.6. The molecule has 0 aromatic carbocycles. The summed E-state index contributed by atoms with van der Waals surface area (Å²) in [5.74, 6) is -2.81. The smallest absolute Gasteiger partial charge is 0.310 e. The van der Waals surface area contributed by atoms with E-state index in [1.165, 1.54) is 116 Å². The van der Waals surface area contributed by atoms with Gasteiger partial charge in [-0.25, -0.2) is 0 Å². The summed E-state index contributed by atoms with van der Waals surface area (Å²) >= 11 is 0. The van der Waals surface area contributed by atoms with Gasteiger partial charge in [0.1, 0.15) is 0 Å². The van der Waals surface area contributed by atoms with Gasteiger partial charge in [0.15, 0.2) is 0 Å². The molecular formula is C59H112O10. The van der Waals surface area contributed by atoms with E-state index in [2.05, 4.69) is 6.92 Å². The summed E-state index contributed by atoms with van der Waals surface area (Å²) in [5, 5.41) is 59.6. The molecule has 0 saturated heterocycles. The molecule has 10 heteroatoms. The lowest BCUT2D eigenvalue weighted by Crippen LogP contribution is -2.50. The summed E-state index contributed by atoms with van der Waals surface area (Å²) in [4.78, 5) is 46.3. The fraction of sp³-hybridized carbons (Fsp3) is 0.932. The van der Waals surface area contributed by atoms with Crippen LogP contribution in [0.1, 0.15) is 328 Å². The molecule has 0 heterocycles. The Morgan fingerprint density at radius 3 is 0.768 bits per heavy atom. The molecule has 0 aliphatic rings. The van der Waals surface area contributed by atoms with Gasteiger partial charge in [0.25, 0.3) is 0 Å². The van der Waals surface area contributed by atoms with Crippen molar-refractivity contribution in [2.75, 3.05) is 6.61 Å². The molecule has 0 aliphatic carbocycles. The Bertz CT molecular complexity index is 1190. The number of carboxylic acid groups (broad SMARTS) is 4. The third kappa shape index (κ3) is 39.1. The lowest BCUT2D eigenvalue weighted by molar-refractivity contribution is -0.166. The first-order chi connectivity index (χ1) is 33.5. The van der Waals surface area contributed by atoms with Crippen LogP contribution in [0.4, 0.5) is 0 Å². The normalized spacial score (nSPS) is 13.8. The van der Waals surface area contributed by atoms with Gasteiger partial charge >= 0.3 is 23.9 Å². The minimum atomic E-state index is -0.945. The van der Waals surface area contributed by atoms with Gasteiger partial charge in [0.2, 0.25) is 0 Å². The van der Waals surface area contributed by atoms with Gasteiger partial charge in [0, 0.05) is 19.3 Å². The van der Waals surface area contributed by atoms with Crippen molar-refractivity contribution in [3.63, 3.8) is 0 Å². The average Bonchev–Trinajstić information content (AvgIpc) is 3.31. The van der Waals surface area contributed by atoms with Crippen LogP contribution in [0.5, 0.6) is 0 Å². The molecule has 0 saturated carbocycles. The predicted octanol–water partition coefficient (Wildman–Crippen LogP) is 17.2. The Kier molecular flexibility index (Phi) is 46.6. The molecule has 0 spiro atoms. The van der Waals surface area contributed by atoms with Crippen LogP contribution in [-0.4, -0.2) is 67.2 Å². The number of unbranched alkanes of at least 4 members (excludes halogenated alkanes) is 38. The van der Waals surface area contributed by atoms with Gasteiger partial charge in [-0.1, -0.05) is 257 Å². The zero-order chi connectivity index (χ0) is 50.9. The Balaban J connectivity index is 5.40. The van der Waals surface area contributed by atoms with E-state index >= 15 is 0 Å². The molecule has 0 amide bonds. The summed E-state index contributed by atoms with van der Waals surface area (Å²) < 4.78 is 0. The maximum atomic E-state index is 14.1. The van der Waals surface area contributed by atoms with Crippen LogP contribution in [0.3, 0.4) is 0 Å². The van der Waals surface area contributed by atoms with Crippen LogP contribution in [-0.2, 0) is 19.2 Å². The van der Waals surface area contributed by atoms with Crippen molar-refractivity contribution in [3.05, 3.63) is 0 Å². The summed E-state index contributed by atoms with van der Waals surface area (Å²) in [6.07, 6.45) is 49.6. The topological polar surface area (TPSA) is 190 Å². The zero-order valence-corrected chi connectivity index (χ0v) is 45.0. The lowest BCUT2D eigenvalue weighted by Gasteiger charge is -2.50. The number of carboxylic acids is 4. The number of carbonyl (C=O) groups is 4. The number of hydrogen-bond donors (Lipinski definition) is 6. The number of rotatable bonds is 57. The van der Waals surface area contributed by atoms with Gasteiger partial charge in [-0.15, -0.1) is 0 Å². The monoisotopic (exact) mass is 981 g/mol. The highest BCUT2D eigenvalue weighted by Gasteiger charge is 2.55. The number of aliphatic hydroxyl groups excluding tert-OH is 2. The zero-order valence-electron chi connectivity index (χ0n) is 45.0. The highest BCUT2D eigenvalue weighted by molar-refractivity contribution is 5.76. The third-order valence-corrected chi connectivity index (χ3v) is 15.6. The van der Waals surface area contributed by atoms with Crippen molar-refractivity contribution >= 4 is 23.9 Å². The van der Waals surface area contributed by atoms with Crippen molar-refractivity contribution in [3.8, 4) is 0 Å². The minimum absolute atomic E-state index is 0.244. The molecule has 3 atom stereocenters. The van der Waals surface area contributed by atoms with Gasteiger partial charge in [-0.05, 0) is 56.8 Å². The Morgan fingerprint density at radius 2 is 0.551 bits per heavy atom. The molecule has 0 rings (SSSR count). The van der Waals surface area contributed by atoms with Crippen LogP contribution < -0.4 is 0 Å². The van der Waals surface area contributed by atoms with E-state index < -0.39 is 40.8 Å². The number of aliphatic carboxylic acids is 4. The van der Waals surface area contributed by atoms with Gasteiger partial charge in [0.05, 0.1) is 18.1 Å². The van der Waals surface area contributed by atoms with Crippen molar-refractivity contribution in [2.24, 2.45) is 10.8 Å². The van der Waals surface area contributed by atoms with E-state index in [1.54, 1.807) is 0 Å². The summed E-state index contributed by atoms with van der Waals surface area (Å²) in [7, 11) is 0. The second-order valence-corrected chi connectivity index (χ2v) is 21.6. The van der Waals surface area contributed by atoms with Crippen LogP contribution in [0.2, 0.25) is 0 Å². The molecule has 0 aliphatic heterocycles. The maximum absolute atomic E-state index is 14.1. The standard InChI is InChI=1S/C59H112O10/c1-2-3-40-47-58(51-53(61)52-60,48-41-34-28-22-16-12-8-4-6-10-14-19-25-31-37-44-54(62)63)59(57(68)69,50-43-36-30-24-18-21-27-33-39-46-56(66)67)49-42-35-29-23-17-13-9-5-7-11-15-20-26-32-38-45-55(64)65/h53,60-61H,2-52H2,1H3,(H,62,63)(H,64,65)(H,66,67)(H,68,69). The summed E-state index contributed by atoms with van der Waals surface area (Å²) in [5.41, 5.74) is -1.52. The highest BCUT2D eigenvalue weighted by Crippen LogP contribution is 2.56. The molecule has 6 N–H and O–H groups in total. The summed E-state index contributed by atoms with van der Waals surface area (Å²) in [6, 6.07) is 0. The van der Waals surface area contributed by atoms with E-state index in [-0.39, 0.29) is 25.9 Å². The molecule has 69 heavy (non-hydrogen) atoms. The van der Waals surface area contributed by atoms with Gasteiger partial charge < -0.3 is 30.6 Å². The van der Waals surface area contributed by atoms with Crippen molar-refractivity contribution in [2.45, 2.75) is 334 Å². The van der Waals surface area contributed by atoms with Crippen LogP contribution >= 0.6 is 0 Å². The average molecular weight is 982 g/mol. The molecule has 0 bridgehead atoms. The van der Waals surface area contributed by atoms with Gasteiger partial charge in [-0.3, -0.25) is 19.2 Å². The van der Waals surface area contributed by atoms with Crippen LogP contribution in [0, 0.1) is 10.8 Å². The van der Waals surface area contributed by atoms with E-state index in [0.29, 0.717) is 19.3 Å². The largest absolute Gasteiger partial charge is 0.481 e. The SMILES string of the molecule is CCCCCC(CCCCCCCCCCCCCCCCCC(=O)O)(CC(O)CO)C(CCCCCCCCCCCCCCCCCC(=O)O)(CCCCCCCCCCCC(=O)O)C(=O)O. The molecule has 3 unspecified atom stereocenters. The Hall–Kier alpha value is -2.20. The lowest BCUT2D eigenvalue weighted by atomic mass is 9.53. The fourth-order valence-electron chi connectivity index (χ4n) is 11.3. The highest BCUT2D eigenvalue weighted by atomic mass is 16.4. The molecule has 10 nitrogen and oxygen atoms in total. The van der Waals surface area contributed by atoms with E-state index in [9.17, 15) is 34.5 Å². The predicted molar refractivity (Wildman–Crippen MR) is 285 cm³/mol. The quantitative estimate of drug-likeness (QED) is 0.0320. The Morgan fingerprint density at radius 1 is 0.333 bits per heavy atom. The first kappa shape index (κ1) is 66.8. The van der Waals surface area contributed by atoms with Gasteiger partial charge in [-0.2, -0.15) is 0 Å². The maximum Gasteiger partial charge on any atom is 0.310 e. The fourth-order valence-corrected chi connectivity index (χ4v) is 11.3. The van der Waals surface area contributed by atoms with E-state index in [0.717, 1.165) is 167 Å². The minimum Gasteiger partial charge on any atom is -0.481 e. The summed E-state index contributed by atoms with van der Waals surface area (Å²) in [6.45, 7) is 1.85. The van der Waals surface area contributed by atoms with Crippen LogP contribution in [0.25, 0.3) is 0 Å². The second-order valence-electron chi connectivity index (χ2n) is 21.6. The number of aliphatic hydroxyl groups is 2. The molecule has 408 valence electrons. The molecular weight excluding hydrogens is 869 g/mol. The van der Waals surface area contributed by atoms with Crippen molar-refractivity contribution < 1.29 is 49.8 Å². The molecule has 0 fully saturated rings. The Labute approximate surface area is 423 Å². The van der Waals surface area contributed by atoms with Crippen LogP contribution in [0.15, 0.2) is 0 Å². The number of hydrogen-bond acceptors (Lipinski definition) is 6. The molecule has 0 aromatic heterocycles. The molecule has 0 radical (unpaired) electrons. The van der Waals surface area contributed by atoms with E-state index in [4.69, 9.17) is 15.3 Å². The molecule has 0 aromatic rings. The van der Waals surface area contributed by atoms with Crippen molar-refractivity contribution in [1.82, 2.24) is 0 Å². The second kappa shape index (κ2) is 48.1. The van der Waals surface area contributed by atoms with Crippen molar-refractivity contribution in [1.29, 1.82) is 0 Å². The first-order valence-electron chi connectivity index (χ1n) is 29.6. The van der Waals surface area contributed by atoms with E-state index in [1.807, 2.05) is 0 Å². The first-order valence-corrected chi connectivity index (χ1v) is 29.6.